The van der Waals surface area contributed by atoms with E-state index >= 15 is 0 Å². The summed E-state index contributed by atoms with van der Waals surface area (Å²) in [6.45, 7) is 0. The Labute approximate surface area is 124 Å². The van der Waals surface area contributed by atoms with E-state index in [-0.39, 0.29) is 5.91 Å². The van der Waals surface area contributed by atoms with Crippen LogP contribution in [0.15, 0.2) is 24.3 Å². The molecule has 0 unspecified atom stereocenters. The molecule has 0 bridgehead atoms. The molecule has 1 aliphatic rings. The van der Waals surface area contributed by atoms with E-state index in [4.69, 9.17) is 11.6 Å². The van der Waals surface area contributed by atoms with Crippen molar-refractivity contribution in [2.24, 2.45) is 0 Å². The number of carbonyl (C=O) groups excluding carboxylic acids is 1. The first kappa shape index (κ1) is 14.7. The zero-order chi connectivity index (χ0) is 13.7. The summed E-state index contributed by atoms with van der Waals surface area (Å²) in [5.74, 6) is 1.58. The lowest BCUT2D eigenvalue weighted by molar-refractivity contribution is -0.129. The number of hydrogen-bond acceptors (Lipinski definition) is 2. The van der Waals surface area contributed by atoms with Crippen molar-refractivity contribution in [3.63, 3.8) is 0 Å². The third-order valence-electron chi connectivity index (χ3n) is 3.71. The van der Waals surface area contributed by atoms with E-state index in [0.717, 1.165) is 29.2 Å². The molecule has 0 N–H and O–H groups in total. The standard InChI is InChI=1S/C15H20ClNOS/c1-17(13-7-3-4-8-13)15(18)11-19-10-12-6-2-5-9-14(12)16/h2,5-6,9,13H,3-4,7-8,10-11H2,1H3. The lowest BCUT2D eigenvalue weighted by Crippen LogP contribution is -2.36. The molecule has 4 heteroatoms. The lowest BCUT2D eigenvalue weighted by atomic mass is 10.2. The molecular formula is C15H20ClNOS. The smallest absolute Gasteiger partial charge is 0.232 e. The van der Waals surface area contributed by atoms with Crippen LogP contribution in [0.2, 0.25) is 5.02 Å². The van der Waals surface area contributed by atoms with Crippen molar-refractivity contribution >= 4 is 29.3 Å². The molecule has 0 aliphatic heterocycles. The van der Waals surface area contributed by atoms with Crippen LogP contribution >= 0.6 is 23.4 Å². The second-order valence-corrected chi connectivity index (χ2v) is 6.42. The summed E-state index contributed by atoms with van der Waals surface area (Å²) in [4.78, 5) is 14.0. The Morgan fingerprint density at radius 2 is 2.05 bits per heavy atom. The van der Waals surface area contributed by atoms with Crippen LogP contribution < -0.4 is 0 Å². The van der Waals surface area contributed by atoms with Gasteiger partial charge in [-0.25, -0.2) is 0 Å². The van der Waals surface area contributed by atoms with Crippen molar-refractivity contribution in [3.05, 3.63) is 34.9 Å². The van der Waals surface area contributed by atoms with Gasteiger partial charge >= 0.3 is 0 Å². The van der Waals surface area contributed by atoms with Gasteiger partial charge in [-0.15, -0.1) is 11.8 Å². The number of benzene rings is 1. The summed E-state index contributed by atoms with van der Waals surface area (Å²) < 4.78 is 0. The molecule has 1 fully saturated rings. The molecule has 2 rings (SSSR count). The SMILES string of the molecule is CN(C(=O)CSCc1ccccc1Cl)C1CCCC1. The van der Waals surface area contributed by atoms with Crippen molar-refractivity contribution in [1.29, 1.82) is 0 Å². The van der Waals surface area contributed by atoms with E-state index in [9.17, 15) is 4.79 Å². The molecule has 0 spiro atoms. The van der Waals surface area contributed by atoms with Crippen LogP contribution in [0.5, 0.6) is 0 Å². The van der Waals surface area contributed by atoms with Gasteiger partial charge in [-0.05, 0) is 24.5 Å². The first-order valence-corrected chi connectivity index (χ1v) is 8.28. The van der Waals surface area contributed by atoms with E-state index in [2.05, 4.69) is 0 Å². The van der Waals surface area contributed by atoms with Crippen LogP contribution in [0.1, 0.15) is 31.2 Å². The fourth-order valence-electron chi connectivity index (χ4n) is 2.46. The largest absolute Gasteiger partial charge is 0.342 e. The molecule has 1 aliphatic carbocycles. The minimum Gasteiger partial charge on any atom is -0.342 e. The normalized spacial score (nSPS) is 15.7. The number of carbonyl (C=O) groups is 1. The van der Waals surface area contributed by atoms with Gasteiger partial charge in [-0.1, -0.05) is 42.6 Å². The Hall–Kier alpha value is -0.670. The molecule has 19 heavy (non-hydrogen) atoms. The molecule has 0 saturated heterocycles. The second-order valence-electron chi connectivity index (χ2n) is 5.03. The number of thioether (sulfide) groups is 1. The summed E-state index contributed by atoms with van der Waals surface area (Å²) in [7, 11) is 1.94. The zero-order valence-corrected chi connectivity index (χ0v) is 12.8. The Bertz CT molecular complexity index is 432. The molecule has 2 nitrogen and oxygen atoms in total. The van der Waals surface area contributed by atoms with E-state index in [1.54, 1.807) is 11.8 Å². The highest BCUT2D eigenvalue weighted by atomic mass is 35.5. The van der Waals surface area contributed by atoms with Gasteiger partial charge in [0.1, 0.15) is 0 Å². The molecule has 1 saturated carbocycles. The quantitative estimate of drug-likeness (QED) is 0.819. The monoisotopic (exact) mass is 297 g/mol. The van der Waals surface area contributed by atoms with Gasteiger partial charge in [0, 0.05) is 23.9 Å². The Morgan fingerprint density at radius 1 is 1.37 bits per heavy atom. The minimum absolute atomic E-state index is 0.240. The number of hydrogen-bond donors (Lipinski definition) is 0. The topological polar surface area (TPSA) is 20.3 Å². The Kier molecular flexibility index (Phi) is 5.59. The third kappa shape index (κ3) is 4.15. The average molecular weight is 298 g/mol. The summed E-state index contributed by atoms with van der Waals surface area (Å²) in [5.41, 5.74) is 1.10. The predicted octanol–water partition coefficient (Wildman–Crippen LogP) is 3.97. The second kappa shape index (κ2) is 7.20. The van der Waals surface area contributed by atoms with E-state index in [0.29, 0.717) is 11.8 Å². The minimum atomic E-state index is 0.240. The number of halogens is 1. The predicted molar refractivity (Wildman–Crippen MR) is 82.6 cm³/mol. The Morgan fingerprint density at radius 3 is 2.74 bits per heavy atom. The van der Waals surface area contributed by atoms with Crippen LogP contribution in [0.3, 0.4) is 0 Å². The molecule has 104 valence electrons. The molecule has 0 aromatic heterocycles. The summed E-state index contributed by atoms with van der Waals surface area (Å²) in [6.07, 6.45) is 4.85. The first-order valence-electron chi connectivity index (χ1n) is 6.75. The number of nitrogens with zero attached hydrogens (tertiary/aromatic N) is 1. The van der Waals surface area contributed by atoms with Gasteiger partial charge in [-0.3, -0.25) is 4.79 Å². The van der Waals surface area contributed by atoms with Gasteiger partial charge in [0.15, 0.2) is 0 Å². The van der Waals surface area contributed by atoms with Crippen molar-refractivity contribution in [3.8, 4) is 0 Å². The van der Waals surface area contributed by atoms with Gasteiger partial charge in [0.05, 0.1) is 5.75 Å². The zero-order valence-electron chi connectivity index (χ0n) is 11.3. The van der Waals surface area contributed by atoms with Gasteiger partial charge in [0.2, 0.25) is 5.91 Å². The summed E-state index contributed by atoms with van der Waals surface area (Å²) in [6, 6.07) is 8.28. The molecule has 1 aromatic carbocycles. The van der Waals surface area contributed by atoms with Crippen LogP contribution in [-0.4, -0.2) is 29.6 Å². The van der Waals surface area contributed by atoms with E-state index in [1.807, 2.05) is 36.2 Å². The van der Waals surface area contributed by atoms with Crippen LogP contribution in [0, 0.1) is 0 Å². The van der Waals surface area contributed by atoms with Crippen molar-refractivity contribution in [1.82, 2.24) is 4.90 Å². The molecule has 0 radical (unpaired) electrons. The maximum Gasteiger partial charge on any atom is 0.232 e. The third-order valence-corrected chi connectivity index (χ3v) is 5.04. The lowest BCUT2D eigenvalue weighted by Gasteiger charge is -2.24. The van der Waals surface area contributed by atoms with Crippen LogP contribution in [0.4, 0.5) is 0 Å². The van der Waals surface area contributed by atoms with E-state index in [1.165, 1.54) is 12.8 Å². The molecule has 0 heterocycles. The van der Waals surface area contributed by atoms with Gasteiger partial charge in [0.25, 0.3) is 0 Å². The summed E-state index contributed by atoms with van der Waals surface area (Å²) in [5, 5.41) is 0.784. The molecule has 1 aromatic rings. The molecular weight excluding hydrogens is 278 g/mol. The molecule has 1 amide bonds. The average Bonchev–Trinajstić information content (AvgIpc) is 2.94. The number of amides is 1. The fraction of sp³-hybridized carbons (Fsp3) is 0.533. The summed E-state index contributed by atoms with van der Waals surface area (Å²) >= 11 is 7.74. The fourth-order valence-corrected chi connectivity index (χ4v) is 3.69. The van der Waals surface area contributed by atoms with Crippen molar-refractivity contribution in [2.75, 3.05) is 12.8 Å². The number of rotatable bonds is 5. The van der Waals surface area contributed by atoms with E-state index < -0.39 is 0 Å². The van der Waals surface area contributed by atoms with Gasteiger partial charge < -0.3 is 4.90 Å². The highest BCUT2D eigenvalue weighted by Gasteiger charge is 2.22. The first-order chi connectivity index (χ1) is 9.18. The maximum absolute atomic E-state index is 12.1. The highest BCUT2D eigenvalue weighted by molar-refractivity contribution is 7.99. The van der Waals surface area contributed by atoms with Gasteiger partial charge in [-0.2, -0.15) is 0 Å². The molecule has 0 atom stereocenters. The van der Waals surface area contributed by atoms with Crippen LogP contribution in [-0.2, 0) is 10.5 Å². The maximum atomic E-state index is 12.1. The Balaban J connectivity index is 1.76. The highest BCUT2D eigenvalue weighted by Crippen LogP contribution is 2.24. The van der Waals surface area contributed by atoms with Crippen molar-refractivity contribution < 1.29 is 4.79 Å². The van der Waals surface area contributed by atoms with Crippen LogP contribution in [0.25, 0.3) is 0 Å². The van der Waals surface area contributed by atoms with Crippen molar-refractivity contribution in [2.45, 2.75) is 37.5 Å².